The van der Waals surface area contributed by atoms with Gasteiger partial charge in [-0.25, -0.2) is 0 Å². The van der Waals surface area contributed by atoms with Crippen LogP contribution in [0, 0.1) is 0 Å². The summed E-state index contributed by atoms with van der Waals surface area (Å²) in [5.74, 6) is 0. The van der Waals surface area contributed by atoms with Gasteiger partial charge in [-0.1, -0.05) is 41.9 Å². The molecule has 0 bridgehead atoms. The van der Waals surface area contributed by atoms with Crippen LogP contribution in [0.4, 0.5) is 0 Å². The van der Waals surface area contributed by atoms with Crippen molar-refractivity contribution in [2.75, 3.05) is 6.07 Å². The molecule has 0 saturated carbocycles. The second-order valence-corrected chi connectivity index (χ2v) is 2.24. The first-order valence-corrected chi connectivity index (χ1v) is 3.76. The maximum Gasteiger partial charge on any atom is 0.218 e. The molecule has 1 aromatic rings. The fraction of sp³-hybridized carbons (Fsp3) is 0.250. The van der Waals surface area contributed by atoms with E-state index in [1.54, 1.807) is 24.3 Å². The molecule has 1 unspecified atom stereocenters. The molecule has 0 fully saturated rings. The van der Waals surface area contributed by atoms with Gasteiger partial charge in [-0.2, -0.15) is 5.11 Å². The first kappa shape index (κ1) is 8.53. The van der Waals surface area contributed by atoms with E-state index in [-0.39, 0.29) is 6.07 Å². The van der Waals surface area contributed by atoms with Gasteiger partial charge in [0.25, 0.3) is 0 Å². The Kier molecular flexibility index (Phi) is 3.36. The molecule has 0 N–H and O–H groups in total. The summed E-state index contributed by atoms with van der Waals surface area (Å²) >= 11 is 5.22. The number of alkyl halides is 1. The highest BCUT2D eigenvalue weighted by Gasteiger charge is 2.06. The smallest absolute Gasteiger partial charge is 0.218 e. The maximum absolute atomic E-state index is 11.0. The van der Waals surface area contributed by atoms with Crippen LogP contribution in [0.25, 0.3) is 0 Å². The quantitative estimate of drug-likeness (QED) is 0.507. The summed E-state index contributed by atoms with van der Waals surface area (Å²) in [5.41, 5.74) is 0.605. The molecule has 2 nitrogen and oxygen atoms in total. The van der Waals surface area contributed by atoms with E-state index in [4.69, 9.17) is 11.6 Å². The van der Waals surface area contributed by atoms with Crippen LogP contribution in [0.2, 0.25) is 0 Å². The van der Waals surface area contributed by atoms with Crippen molar-refractivity contribution in [1.82, 2.24) is 0 Å². The predicted octanol–water partition coefficient (Wildman–Crippen LogP) is 2.33. The lowest BCUT2D eigenvalue weighted by Gasteiger charge is -2.05. The van der Waals surface area contributed by atoms with Gasteiger partial charge in [0.05, 0.1) is 0 Å². The van der Waals surface area contributed by atoms with Gasteiger partial charge in [-0.05, 0) is 0 Å². The van der Waals surface area contributed by atoms with Crippen molar-refractivity contribution in [2.24, 2.45) is 0 Å². The third kappa shape index (κ3) is 2.50. The second kappa shape index (κ2) is 4.34. The van der Waals surface area contributed by atoms with Gasteiger partial charge in [0.15, 0.2) is 0 Å². The van der Waals surface area contributed by atoms with Crippen molar-refractivity contribution < 1.29 is 9.84 Å². The number of hydrogen-bond donors (Lipinski definition) is 0. The first-order chi connectivity index (χ1) is 5.34. The molecular formula is C8H8ClO2. The van der Waals surface area contributed by atoms with Crippen molar-refractivity contribution in [3.8, 4) is 0 Å². The van der Waals surface area contributed by atoms with Gasteiger partial charge >= 0.3 is 0 Å². The van der Waals surface area contributed by atoms with Gasteiger partial charge in [-0.3, -0.25) is 0 Å². The zero-order valence-electron chi connectivity index (χ0n) is 5.87. The number of halogens is 1. The summed E-state index contributed by atoms with van der Waals surface area (Å²) in [6, 6.07) is 8.78. The Bertz CT molecular complexity index is 201. The van der Waals surface area contributed by atoms with Gasteiger partial charge in [0, 0.05) is 5.56 Å². The molecular weight excluding hydrogens is 164 g/mol. The van der Waals surface area contributed by atoms with Gasteiger partial charge in [0.1, 0.15) is 6.07 Å². The molecule has 0 saturated heterocycles. The Hall–Kier alpha value is -0.570. The van der Waals surface area contributed by atoms with Crippen LogP contribution >= 0.6 is 11.6 Å². The van der Waals surface area contributed by atoms with Crippen molar-refractivity contribution in [3.05, 3.63) is 35.9 Å². The fourth-order valence-corrected chi connectivity index (χ4v) is 0.878. The molecule has 1 atom stereocenters. The van der Waals surface area contributed by atoms with Gasteiger partial charge in [0.2, 0.25) is 6.29 Å². The fourth-order valence-electron chi connectivity index (χ4n) is 0.764. The molecule has 1 radical (unpaired) electrons. The number of rotatable bonds is 3. The van der Waals surface area contributed by atoms with Crippen molar-refractivity contribution in [2.45, 2.75) is 6.29 Å². The molecule has 11 heavy (non-hydrogen) atoms. The van der Waals surface area contributed by atoms with Crippen LogP contribution in [-0.2, 0) is 9.84 Å². The Morgan fingerprint density at radius 2 is 2.00 bits per heavy atom. The number of benzene rings is 1. The molecule has 0 aliphatic heterocycles. The summed E-state index contributed by atoms with van der Waals surface area (Å²) in [4.78, 5) is 0. The highest BCUT2D eigenvalue weighted by molar-refractivity contribution is 6.17. The molecule has 1 rings (SSSR count). The lowest BCUT2D eigenvalue weighted by molar-refractivity contribution is -0.130. The van der Waals surface area contributed by atoms with Crippen LogP contribution in [-0.4, -0.2) is 6.07 Å². The van der Waals surface area contributed by atoms with E-state index in [2.05, 4.69) is 4.74 Å². The normalized spacial score (nSPS) is 12.9. The van der Waals surface area contributed by atoms with Crippen molar-refractivity contribution in [1.29, 1.82) is 0 Å². The standard InChI is InChI=1S/C8H8ClO2/c9-6-11-8(10)7-4-2-1-3-5-7/h1-5,8H,6H2. The van der Waals surface area contributed by atoms with E-state index in [0.29, 0.717) is 5.56 Å². The van der Waals surface area contributed by atoms with Crippen molar-refractivity contribution in [3.63, 3.8) is 0 Å². The van der Waals surface area contributed by atoms with Crippen LogP contribution in [0.3, 0.4) is 0 Å². The second-order valence-electron chi connectivity index (χ2n) is 2.02. The van der Waals surface area contributed by atoms with Crippen LogP contribution in [0.1, 0.15) is 11.9 Å². The molecule has 0 amide bonds. The lowest BCUT2D eigenvalue weighted by Crippen LogP contribution is -1.99. The molecule has 1 aromatic carbocycles. The average Bonchev–Trinajstić information content (AvgIpc) is 2.07. The van der Waals surface area contributed by atoms with Gasteiger partial charge < -0.3 is 4.74 Å². The highest BCUT2D eigenvalue weighted by atomic mass is 35.5. The molecule has 0 aromatic heterocycles. The summed E-state index contributed by atoms with van der Waals surface area (Å²) in [6.45, 7) is 0. The van der Waals surface area contributed by atoms with Crippen molar-refractivity contribution >= 4 is 11.6 Å². The SMILES string of the molecule is [O]C(OCCl)c1ccccc1. The summed E-state index contributed by atoms with van der Waals surface area (Å²) in [6.07, 6.45) is -1.16. The average molecular weight is 172 g/mol. The molecule has 59 valence electrons. The predicted molar refractivity (Wildman–Crippen MR) is 41.7 cm³/mol. The monoisotopic (exact) mass is 171 g/mol. The van der Waals surface area contributed by atoms with Crippen LogP contribution in [0.15, 0.2) is 30.3 Å². The molecule has 3 heteroatoms. The molecule has 0 aliphatic rings. The van der Waals surface area contributed by atoms with E-state index in [9.17, 15) is 5.11 Å². The minimum atomic E-state index is -1.16. The highest BCUT2D eigenvalue weighted by Crippen LogP contribution is 2.13. The topological polar surface area (TPSA) is 29.1 Å². The van der Waals surface area contributed by atoms with Crippen LogP contribution < -0.4 is 0 Å². The third-order valence-electron chi connectivity index (χ3n) is 1.29. The molecule has 0 spiro atoms. The van der Waals surface area contributed by atoms with E-state index in [1.807, 2.05) is 6.07 Å². The summed E-state index contributed by atoms with van der Waals surface area (Å²) in [5, 5.41) is 11.0. The minimum absolute atomic E-state index is 0.0664. The minimum Gasteiger partial charge on any atom is -0.330 e. The Labute approximate surface area is 70.4 Å². The molecule has 0 aliphatic carbocycles. The Balaban J connectivity index is 2.61. The van der Waals surface area contributed by atoms with Gasteiger partial charge in [-0.15, -0.1) is 0 Å². The zero-order chi connectivity index (χ0) is 8.10. The summed E-state index contributed by atoms with van der Waals surface area (Å²) in [7, 11) is 0. The number of hydrogen-bond acceptors (Lipinski definition) is 1. The van der Waals surface area contributed by atoms with E-state index in [1.165, 1.54) is 0 Å². The van der Waals surface area contributed by atoms with E-state index >= 15 is 0 Å². The number of ether oxygens (including phenoxy) is 1. The summed E-state index contributed by atoms with van der Waals surface area (Å²) < 4.78 is 4.64. The molecule has 0 heterocycles. The maximum atomic E-state index is 11.0. The van der Waals surface area contributed by atoms with E-state index in [0.717, 1.165) is 0 Å². The largest absolute Gasteiger partial charge is 0.330 e. The van der Waals surface area contributed by atoms with E-state index < -0.39 is 6.29 Å². The Morgan fingerprint density at radius 1 is 1.36 bits per heavy atom. The zero-order valence-corrected chi connectivity index (χ0v) is 6.62. The van der Waals surface area contributed by atoms with Crippen LogP contribution in [0.5, 0.6) is 0 Å². The first-order valence-electron chi connectivity index (χ1n) is 3.23. The lowest BCUT2D eigenvalue weighted by atomic mass is 10.2. The Morgan fingerprint density at radius 3 is 2.55 bits per heavy atom. The third-order valence-corrected chi connectivity index (χ3v) is 1.41.